The number of rotatable bonds is 2. The molecule has 1 aromatic heterocycles. The zero-order valence-corrected chi connectivity index (χ0v) is 12.9. The monoisotopic (exact) mass is 276 g/mol. The van der Waals surface area contributed by atoms with Crippen molar-refractivity contribution in [1.29, 1.82) is 0 Å². The second-order valence-electron chi connectivity index (χ2n) is 7.09. The summed E-state index contributed by atoms with van der Waals surface area (Å²) in [6.07, 6.45) is 11.2. The second-order valence-corrected chi connectivity index (χ2v) is 7.09. The fourth-order valence-electron chi connectivity index (χ4n) is 4.28. The van der Waals surface area contributed by atoms with Gasteiger partial charge in [0, 0.05) is 6.04 Å². The normalized spacial score (nSPS) is 32.5. The van der Waals surface area contributed by atoms with Crippen molar-refractivity contribution in [3.63, 3.8) is 0 Å². The fourth-order valence-corrected chi connectivity index (χ4v) is 4.28. The highest BCUT2D eigenvalue weighted by atomic mass is 15.3. The first kappa shape index (κ1) is 14.1. The van der Waals surface area contributed by atoms with Crippen LogP contribution in [0.4, 0.5) is 0 Å². The summed E-state index contributed by atoms with van der Waals surface area (Å²) in [4.78, 5) is 0. The maximum atomic E-state index is 6.77. The lowest BCUT2D eigenvalue weighted by Gasteiger charge is -2.37. The van der Waals surface area contributed by atoms with Gasteiger partial charge in [-0.05, 0) is 38.5 Å². The maximum Gasteiger partial charge on any atom is 0.153 e. The van der Waals surface area contributed by atoms with Gasteiger partial charge in [0.1, 0.15) is 5.82 Å². The summed E-state index contributed by atoms with van der Waals surface area (Å²) < 4.78 is 2.39. The molecule has 0 aromatic carbocycles. The lowest BCUT2D eigenvalue weighted by Crippen LogP contribution is -2.44. The molecule has 3 rings (SSSR count). The van der Waals surface area contributed by atoms with Crippen LogP contribution in [-0.2, 0) is 5.54 Å². The summed E-state index contributed by atoms with van der Waals surface area (Å²) in [6.45, 7) is 4.40. The molecular formula is C16H28N4. The van der Waals surface area contributed by atoms with Crippen molar-refractivity contribution < 1.29 is 0 Å². The van der Waals surface area contributed by atoms with Crippen LogP contribution in [0, 0.1) is 12.8 Å². The van der Waals surface area contributed by atoms with E-state index in [1.165, 1.54) is 44.9 Å². The molecule has 0 spiro atoms. The highest BCUT2D eigenvalue weighted by Gasteiger charge is 2.38. The first-order valence-electron chi connectivity index (χ1n) is 8.31. The van der Waals surface area contributed by atoms with Gasteiger partial charge in [-0.3, -0.25) is 0 Å². The zero-order valence-electron chi connectivity index (χ0n) is 12.9. The third-order valence-electron chi connectivity index (χ3n) is 5.28. The number of hydrogen-bond donors (Lipinski definition) is 1. The van der Waals surface area contributed by atoms with Crippen LogP contribution in [0.1, 0.15) is 82.4 Å². The third kappa shape index (κ3) is 2.50. The van der Waals surface area contributed by atoms with Gasteiger partial charge in [0.05, 0.1) is 5.54 Å². The van der Waals surface area contributed by atoms with Gasteiger partial charge in [-0.2, -0.15) is 0 Å². The van der Waals surface area contributed by atoms with E-state index in [0.29, 0.717) is 12.0 Å². The van der Waals surface area contributed by atoms with Gasteiger partial charge in [0.25, 0.3) is 0 Å². The van der Waals surface area contributed by atoms with Crippen LogP contribution in [0.3, 0.4) is 0 Å². The fraction of sp³-hybridized carbons (Fsp3) is 0.875. The standard InChI is InChI=1S/C16H28N4/c1-12-7-6-10-16(17,11-12)15-19-18-13(2)20(15)14-8-4-3-5-9-14/h12,14H,3-11,17H2,1-2H3. The van der Waals surface area contributed by atoms with E-state index in [0.717, 1.165) is 24.5 Å². The lowest BCUT2D eigenvalue weighted by atomic mass is 9.76. The van der Waals surface area contributed by atoms with Crippen LogP contribution in [-0.4, -0.2) is 14.8 Å². The minimum Gasteiger partial charge on any atom is -0.319 e. The molecule has 2 aliphatic rings. The molecule has 2 aliphatic carbocycles. The average Bonchev–Trinajstić information content (AvgIpc) is 2.82. The summed E-state index contributed by atoms with van der Waals surface area (Å²) in [5, 5.41) is 8.88. The van der Waals surface area contributed by atoms with Crippen LogP contribution >= 0.6 is 0 Å². The number of aromatic nitrogens is 3. The Hall–Kier alpha value is -0.900. The molecule has 0 amide bonds. The van der Waals surface area contributed by atoms with Gasteiger partial charge >= 0.3 is 0 Å². The molecule has 2 N–H and O–H groups in total. The largest absolute Gasteiger partial charge is 0.319 e. The summed E-state index contributed by atoms with van der Waals surface area (Å²) in [7, 11) is 0. The van der Waals surface area contributed by atoms with E-state index in [2.05, 4.69) is 28.6 Å². The van der Waals surface area contributed by atoms with Crippen molar-refractivity contribution in [1.82, 2.24) is 14.8 Å². The summed E-state index contributed by atoms with van der Waals surface area (Å²) in [6, 6.07) is 0.575. The SMILES string of the molecule is Cc1nnc(C2(N)CCCC(C)C2)n1C1CCCCC1. The average molecular weight is 276 g/mol. The Morgan fingerprint density at radius 3 is 2.55 bits per heavy atom. The molecule has 2 atom stereocenters. The summed E-state index contributed by atoms with van der Waals surface area (Å²) in [5.41, 5.74) is 6.51. The highest BCUT2D eigenvalue weighted by Crippen LogP contribution is 2.39. The predicted molar refractivity (Wildman–Crippen MR) is 80.4 cm³/mol. The van der Waals surface area contributed by atoms with Crippen molar-refractivity contribution in [2.24, 2.45) is 11.7 Å². The molecule has 4 nitrogen and oxygen atoms in total. The Kier molecular flexibility index (Phi) is 3.85. The van der Waals surface area contributed by atoms with Crippen molar-refractivity contribution in [3.05, 3.63) is 11.6 Å². The zero-order chi connectivity index (χ0) is 14.2. The van der Waals surface area contributed by atoms with E-state index >= 15 is 0 Å². The molecule has 1 aromatic rings. The van der Waals surface area contributed by atoms with Crippen LogP contribution in [0.15, 0.2) is 0 Å². The Morgan fingerprint density at radius 1 is 1.10 bits per heavy atom. The van der Waals surface area contributed by atoms with E-state index in [-0.39, 0.29) is 5.54 Å². The molecule has 0 bridgehead atoms. The van der Waals surface area contributed by atoms with E-state index < -0.39 is 0 Å². The molecule has 2 fully saturated rings. The number of aryl methyl sites for hydroxylation is 1. The molecule has 4 heteroatoms. The Labute approximate surface area is 122 Å². The van der Waals surface area contributed by atoms with Crippen molar-refractivity contribution in [2.75, 3.05) is 0 Å². The molecule has 20 heavy (non-hydrogen) atoms. The molecule has 0 aliphatic heterocycles. The van der Waals surface area contributed by atoms with Crippen LogP contribution in [0.25, 0.3) is 0 Å². The Morgan fingerprint density at radius 2 is 1.85 bits per heavy atom. The van der Waals surface area contributed by atoms with Crippen molar-refractivity contribution in [3.8, 4) is 0 Å². The molecule has 0 saturated heterocycles. The smallest absolute Gasteiger partial charge is 0.153 e. The number of nitrogens with zero attached hydrogens (tertiary/aromatic N) is 3. The van der Waals surface area contributed by atoms with Gasteiger partial charge < -0.3 is 10.3 Å². The van der Waals surface area contributed by atoms with E-state index in [4.69, 9.17) is 5.73 Å². The van der Waals surface area contributed by atoms with Gasteiger partial charge in [-0.25, -0.2) is 0 Å². The van der Waals surface area contributed by atoms with Crippen LogP contribution < -0.4 is 5.73 Å². The minimum absolute atomic E-state index is 0.254. The topological polar surface area (TPSA) is 56.7 Å². The molecule has 1 heterocycles. The second kappa shape index (κ2) is 5.47. The molecule has 2 unspecified atom stereocenters. The van der Waals surface area contributed by atoms with Crippen LogP contribution in [0.5, 0.6) is 0 Å². The maximum absolute atomic E-state index is 6.77. The predicted octanol–water partition coefficient (Wildman–Crippen LogP) is 3.46. The highest BCUT2D eigenvalue weighted by molar-refractivity contribution is 5.11. The van der Waals surface area contributed by atoms with E-state index in [1.54, 1.807) is 0 Å². The van der Waals surface area contributed by atoms with Gasteiger partial charge in [-0.1, -0.05) is 39.0 Å². The minimum atomic E-state index is -0.254. The summed E-state index contributed by atoms with van der Waals surface area (Å²) in [5.74, 6) is 2.81. The van der Waals surface area contributed by atoms with Crippen molar-refractivity contribution >= 4 is 0 Å². The first-order valence-corrected chi connectivity index (χ1v) is 8.31. The quantitative estimate of drug-likeness (QED) is 0.900. The number of hydrogen-bond acceptors (Lipinski definition) is 3. The van der Waals surface area contributed by atoms with E-state index in [9.17, 15) is 0 Å². The molecular weight excluding hydrogens is 248 g/mol. The van der Waals surface area contributed by atoms with Gasteiger partial charge in [-0.15, -0.1) is 10.2 Å². The molecule has 0 radical (unpaired) electrons. The van der Waals surface area contributed by atoms with Crippen LogP contribution in [0.2, 0.25) is 0 Å². The first-order chi connectivity index (χ1) is 9.60. The molecule has 2 saturated carbocycles. The lowest BCUT2D eigenvalue weighted by molar-refractivity contribution is 0.211. The van der Waals surface area contributed by atoms with Gasteiger partial charge in [0.2, 0.25) is 0 Å². The molecule has 112 valence electrons. The Bertz CT molecular complexity index is 461. The third-order valence-corrected chi connectivity index (χ3v) is 5.28. The van der Waals surface area contributed by atoms with Gasteiger partial charge in [0.15, 0.2) is 5.82 Å². The van der Waals surface area contributed by atoms with E-state index in [1.807, 2.05) is 0 Å². The summed E-state index contributed by atoms with van der Waals surface area (Å²) >= 11 is 0. The number of nitrogens with two attached hydrogens (primary N) is 1. The van der Waals surface area contributed by atoms with Crippen molar-refractivity contribution in [2.45, 2.75) is 83.2 Å². The Balaban J connectivity index is 1.93.